The van der Waals surface area contributed by atoms with Gasteiger partial charge in [0.1, 0.15) is 11.9 Å². The smallest absolute Gasteiger partial charge is 0.407 e. The van der Waals surface area contributed by atoms with Crippen molar-refractivity contribution in [3.63, 3.8) is 0 Å². The van der Waals surface area contributed by atoms with Crippen LogP contribution in [-0.4, -0.2) is 43.3 Å². The van der Waals surface area contributed by atoms with E-state index in [0.29, 0.717) is 5.92 Å². The molecule has 6 rings (SSSR count). The zero-order chi connectivity index (χ0) is 24.4. The van der Waals surface area contributed by atoms with E-state index < -0.39 is 0 Å². The zero-order valence-electron chi connectivity index (χ0n) is 21.5. The Balaban J connectivity index is 1.33. The highest BCUT2D eigenvalue weighted by molar-refractivity contribution is 5.70. The molecule has 2 bridgehead atoms. The molecule has 3 fully saturated rings. The van der Waals surface area contributed by atoms with Gasteiger partial charge >= 0.3 is 6.09 Å². The highest BCUT2D eigenvalue weighted by Crippen LogP contribution is 2.51. The molecule has 3 heterocycles. The summed E-state index contributed by atoms with van der Waals surface area (Å²) < 4.78 is 11.8. The van der Waals surface area contributed by atoms with E-state index in [-0.39, 0.29) is 23.7 Å². The second-order valence-electron chi connectivity index (χ2n) is 10.7. The summed E-state index contributed by atoms with van der Waals surface area (Å²) in [5.74, 6) is 1.43. The van der Waals surface area contributed by atoms with Crippen molar-refractivity contribution < 1.29 is 14.3 Å². The van der Waals surface area contributed by atoms with Gasteiger partial charge in [0.05, 0.1) is 12.6 Å². The molecule has 2 aromatic carbocycles. The molecule has 2 aromatic rings. The molecule has 1 unspecified atom stereocenters. The number of piperidine rings is 3. The van der Waals surface area contributed by atoms with Gasteiger partial charge in [-0.2, -0.15) is 0 Å². The lowest BCUT2D eigenvalue weighted by Gasteiger charge is -2.44. The standard InChI is InChI=1S/C30H40N2O3/c1-4-17-34-25-10-7-21(8-11-25)23-9-12-26-24(18-23)19-30(5-2,6-3)28(26)31-29(33)35-27-20-32-15-13-22(27)14-16-32/h7-12,18,22,27-28H,4-6,13-17,19-20H2,1-3H3,(H,31,33)/t27-,28?/m1/s1. The minimum Gasteiger partial charge on any atom is -0.494 e. The zero-order valence-corrected chi connectivity index (χ0v) is 21.5. The largest absolute Gasteiger partial charge is 0.494 e. The number of carbonyl (C=O) groups excluding carboxylic acids is 1. The first-order valence-corrected chi connectivity index (χ1v) is 13.6. The van der Waals surface area contributed by atoms with Crippen molar-refractivity contribution in [3.8, 4) is 16.9 Å². The van der Waals surface area contributed by atoms with Crippen LogP contribution in [0.4, 0.5) is 4.79 Å². The number of hydrogen-bond donors (Lipinski definition) is 1. The summed E-state index contributed by atoms with van der Waals surface area (Å²) in [4.78, 5) is 15.5. The number of nitrogens with zero attached hydrogens (tertiary/aromatic N) is 1. The van der Waals surface area contributed by atoms with Gasteiger partial charge in [0.15, 0.2) is 0 Å². The first-order valence-electron chi connectivity index (χ1n) is 13.6. The Morgan fingerprint density at radius 1 is 1.03 bits per heavy atom. The van der Waals surface area contributed by atoms with Gasteiger partial charge in [-0.25, -0.2) is 4.79 Å². The van der Waals surface area contributed by atoms with Crippen molar-refractivity contribution >= 4 is 6.09 Å². The van der Waals surface area contributed by atoms with E-state index in [0.717, 1.165) is 70.5 Å². The fourth-order valence-corrected chi connectivity index (χ4v) is 6.47. The number of hydrogen-bond acceptors (Lipinski definition) is 4. The SMILES string of the molecule is CCCOc1ccc(-c2ccc3c(c2)CC(CC)(CC)C3NC(=O)O[C@@H]2CN3CCC2CC3)cc1. The van der Waals surface area contributed by atoms with E-state index in [1.54, 1.807) is 0 Å². The molecule has 3 aliphatic heterocycles. The van der Waals surface area contributed by atoms with Crippen LogP contribution in [0.3, 0.4) is 0 Å². The van der Waals surface area contributed by atoms with Crippen LogP contribution in [0.5, 0.6) is 5.75 Å². The Labute approximate surface area is 210 Å². The average molecular weight is 477 g/mol. The Morgan fingerprint density at radius 2 is 1.74 bits per heavy atom. The predicted octanol–water partition coefficient (Wildman–Crippen LogP) is 6.37. The van der Waals surface area contributed by atoms with Gasteiger partial charge < -0.3 is 14.8 Å². The summed E-state index contributed by atoms with van der Waals surface area (Å²) >= 11 is 0. The molecular weight excluding hydrogens is 436 g/mol. The van der Waals surface area contributed by atoms with E-state index >= 15 is 0 Å². The summed E-state index contributed by atoms with van der Waals surface area (Å²) in [6.45, 7) is 10.5. The lowest BCUT2D eigenvalue weighted by Crippen LogP contribution is -2.53. The number of rotatable bonds is 8. The first-order chi connectivity index (χ1) is 17.0. The van der Waals surface area contributed by atoms with E-state index in [9.17, 15) is 4.79 Å². The highest BCUT2D eigenvalue weighted by atomic mass is 16.6. The van der Waals surface area contributed by atoms with Crippen molar-refractivity contribution in [2.45, 2.75) is 71.4 Å². The molecule has 1 amide bonds. The second-order valence-corrected chi connectivity index (χ2v) is 10.7. The Hall–Kier alpha value is -2.53. The van der Waals surface area contributed by atoms with E-state index in [2.05, 4.69) is 73.5 Å². The van der Waals surface area contributed by atoms with Gasteiger partial charge in [-0.15, -0.1) is 0 Å². The number of benzene rings is 2. The summed E-state index contributed by atoms with van der Waals surface area (Å²) in [6.07, 6.45) is 6.09. The van der Waals surface area contributed by atoms with Crippen LogP contribution in [0, 0.1) is 11.3 Å². The molecule has 2 atom stereocenters. The molecule has 0 saturated carbocycles. The van der Waals surface area contributed by atoms with Crippen molar-refractivity contribution in [2.75, 3.05) is 26.2 Å². The van der Waals surface area contributed by atoms with Crippen LogP contribution in [-0.2, 0) is 11.2 Å². The van der Waals surface area contributed by atoms with Crippen molar-refractivity contribution in [1.82, 2.24) is 10.2 Å². The summed E-state index contributed by atoms with van der Waals surface area (Å²) in [5.41, 5.74) is 5.00. The van der Waals surface area contributed by atoms with Gasteiger partial charge in [-0.3, -0.25) is 4.90 Å². The molecule has 188 valence electrons. The number of alkyl carbamates (subject to hydrolysis) is 1. The predicted molar refractivity (Wildman–Crippen MR) is 140 cm³/mol. The minimum atomic E-state index is -0.250. The van der Waals surface area contributed by atoms with E-state index in [4.69, 9.17) is 9.47 Å². The van der Waals surface area contributed by atoms with Gasteiger partial charge in [-0.05, 0) is 97.3 Å². The van der Waals surface area contributed by atoms with Crippen molar-refractivity contribution in [3.05, 3.63) is 53.6 Å². The molecule has 5 heteroatoms. The normalized spacial score (nSPS) is 26.3. The van der Waals surface area contributed by atoms with Gasteiger partial charge in [0, 0.05) is 6.54 Å². The van der Waals surface area contributed by atoms with Crippen molar-refractivity contribution in [1.29, 1.82) is 0 Å². The number of fused-ring (bicyclic) bond motifs is 4. The molecule has 0 spiro atoms. The lowest BCUT2D eigenvalue weighted by molar-refractivity contribution is -0.0353. The topological polar surface area (TPSA) is 50.8 Å². The number of nitrogens with one attached hydrogen (secondary N) is 1. The Morgan fingerprint density at radius 3 is 2.37 bits per heavy atom. The van der Waals surface area contributed by atoms with Crippen LogP contribution in [0.15, 0.2) is 42.5 Å². The third-order valence-electron chi connectivity index (χ3n) is 8.79. The average Bonchev–Trinajstić information content (AvgIpc) is 3.21. The molecule has 0 radical (unpaired) electrons. The molecule has 1 aliphatic carbocycles. The highest BCUT2D eigenvalue weighted by Gasteiger charge is 2.45. The fourth-order valence-electron chi connectivity index (χ4n) is 6.47. The monoisotopic (exact) mass is 476 g/mol. The molecule has 35 heavy (non-hydrogen) atoms. The molecule has 4 aliphatic rings. The lowest BCUT2D eigenvalue weighted by atomic mass is 9.76. The van der Waals surface area contributed by atoms with Crippen LogP contribution in [0.2, 0.25) is 0 Å². The molecule has 1 N–H and O–H groups in total. The quantitative estimate of drug-likeness (QED) is 0.481. The number of carbonyl (C=O) groups is 1. The maximum Gasteiger partial charge on any atom is 0.407 e. The number of ether oxygens (including phenoxy) is 2. The van der Waals surface area contributed by atoms with Gasteiger partial charge in [0.25, 0.3) is 0 Å². The van der Waals surface area contributed by atoms with Crippen LogP contribution < -0.4 is 10.1 Å². The maximum absolute atomic E-state index is 13.1. The fraction of sp³-hybridized carbons (Fsp3) is 0.567. The first kappa shape index (κ1) is 24.2. The van der Waals surface area contributed by atoms with Crippen molar-refractivity contribution in [2.24, 2.45) is 11.3 Å². The van der Waals surface area contributed by atoms with Crippen LogP contribution in [0.25, 0.3) is 11.1 Å². The minimum absolute atomic E-state index is 0.0139. The van der Waals surface area contributed by atoms with Gasteiger partial charge in [0.2, 0.25) is 0 Å². The summed E-state index contributed by atoms with van der Waals surface area (Å²) in [6, 6.07) is 15.1. The Bertz CT molecular complexity index is 1020. The summed E-state index contributed by atoms with van der Waals surface area (Å²) in [5, 5.41) is 3.32. The van der Waals surface area contributed by atoms with Crippen LogP contribution >= 0.6 is 0 Å². The van der Waals surface area contributed by atoms with Gasteiger partial charge in [-0.1, -0.05) is 51.1 Å². The second kappa shape index (κ2) is 10.2. The third-order valence-corrected chi connectivity index (χ3v) is 8.79. The molecule has 3 saturated heterocycles. The Kier molecular flexibility index (Phi) is 7.06. The third kappa shape index (κ3) is 4.80. The van der Waals surface area contributed by atoms with E-state index in [1.807, 2.05) is 0 Å². The van der Waals surface area contributed by atoms with Crippen LogP contribution in [0.1, 0.15) is 70.0 Å². The molecule has 5 nitrogen and oxygen atoms in total. The van der Waals surface area contributed by atoms with E-state index in [1.165, 1.54) is 22.3 Å². The molecular formula is C30H40N2O3. The molecule has 0 aromatic heterocycles. The number of amides is 1. The summed E-state index contributed by atoms with van der Waals surface area (Å²) in [7, 11) is 0. The maximum atomic E-state index is 13.1.